The SMILES string of the molecule is c1ccc(SCCNN2CCCCC2)cc1. The van der Waals surface area contributed by atoms with Crippen LogP contribution < -0.4 is 5.43 Å². The Morgan fingerprint density at radius 3 is 2.56 bits per heavy atom. The molecule has 0 atom stereocenters. The molecule has 2 rings (SSSR count). The lowest BCUT2D eigenvalue weighted by Crippen LogP contribution is -2.42. The van der Waals surface area contributed by atoms with Gasteiger partial charge in [0.25, 0.3) is 0 Å². The molecule has 88 valence electrons. The molecular weight excluding hydrogens is 216 g/mol. The summed E-state index contributed by atoms with van der Waals surface area (Å²) in [6, 6.07) is 10.6. The van der Waals surface area contributed by atoms with Crippen molar-refractivity contribution in [2.45, 2.75) is 24.2 Å². The molecule has 0 spiro atoms. The molecule has 16 heavy (non-hydrogen) atoms. The van der Waals surface area contributed by atoms with E-state index < -0.39 is 0 Å². The Labute approximate surface area is 102 Å². The number of hydrogen-bond donors (Lipinski definition) is 1. The van der Waals surface area contributed by atoms with Gasteiger partial charge in [0.15, 0.2) is 0 Å². The molecule has 0 aromatic heterocycles. The summed E-state index contributed by atoms with van der Waals surface area (Å²) in [5, 5.41) is 2.37. The van der Waals surface area contributed by atoms with E-state index >= 15 is 0 Å². The van der Waals surface area contributed by atoms with Gasteiger partial charge in [-0.05, 0) is 25.0 Å². The highest BCUT2D eigenvalue weighted by atomic mass is 32.2. The summed E-state index contributed by atoms with van der Waals surface area (Å²) in [6.45, 7) is 3.51. The fraction of sp³-hybridized carbons (Fsp3) is 0.538. The van der Waals surface area contributed by atoms with Crippen molar-refractivity contribution < 1.29 is 0 Å². The maximum absolute atomic E-state index is 3.50. The van der Waals surface area contributed by atoms with Gasteiger partial charge in [0, 0.05) is 30.3 Å². The molecule has 1 aliphatic rings. The van der Waals surface area contributed by atoms with Crippen molar-refractivity contribution in [2.24, 2.45) is 0 Å². The van der Waals surface area contributed by atoms with Gasteiger partial charge in [0.2, 0.25) is 0 Å². The molecule has 1 N–H and O–H groups in total. The zero-order chi connectivity index (χ0) is 11.1. The van der Waals surface area contributed by atoms with Gasteiger partial charge in [-0.25, -0.2) is 5.01 Å². The molecule has 1 fully saturated rings. The number of nitrogens with zero attached hydrogens (tertiary/aromatic N) is 1. The highest BCUT2D eigenvalue weighted by molar-refractivity contribution is 7.99. The molecule has 0 bridgehead atoms. The van der Waals surface area contributed by atoms with E-state index in [2.05, 4.69) is 40.8 Å². The molecule has 1 heterocycles. The molecule has 0 aliphatic carbocycles. The molecule has 2 nitrogen and oxygen atoms in total. The minimum Gasteiger partial charge on any atom is -0.254 e. The molecule has 1 aromatic rings. The summed E-state index contributed by atoms with van der Waals surface area (Å²) in [7, 11) is 0. The van der Waals surface area contributed by atoms with E-state index in [1.54, 1.807) is 0 Å². The van der Waals surface area contributed by atoms with Crippen LogP contribution in [0.15, 0.2) is 35.2 Å². The number of hydrogen-bond acceptors (Lipinski definition) is 3. The van der Waals surface area contributed by atoms with E-state index in [1.165, 1.54) is 37.2 Å². The Kier molecular flexibility index (Phi) is 5.19. The first kappa shape index (κ1) is 12.0. The molecule has 0 saturated carbocycles. The second kappa shape index (κ2) is 6.94. The minimum absolute atomic E-state index is 1.07. The lowest BCUT2D eigenvalue weighted by atomic mass is 10.2. The lowest BCUT2D eigenvalue weighted by Gasteiger charge is -2.26. The molecule has 1 aromatic carbocycles. The van der Waals surface area contributed by atoms with Crippen LogP contribution in [-0.4, -0.2) is 30.4 Å². The Hall–Kier alpha value is -0.510. The van der Waals surface area contributed by atoms with Gasteiger partial charge >= 0.3 is 0 Å². The zero-order valence-electron chi connectivity index (χ0n) is 9.69. The topological polar surface area (TPSA) is 15.3 Å². The number of thioether (sulfide) groups is 1. The van der Waals surface area contributed by atoms with Crippen LogP contribution in [0.3, 0.4) is 0 Å². The van der Waals surface area contributed by atoms with Crippen LogP contribution in [0.1, 0.15) is 19.3 Å². The Morgan fingerprint density at radius 1 is 1.06 bits per heavy atom. The van der Waals surface area contributed by atoms with Crippen LogP contribution in [0.5, 0.6) is 0 Å². The average molecular weight is 236 g/mol. The maximum Gasteiger partial charge on any atom is 0.0197 e. The van der Waals surface area contributed by atoms with Crippen molar-refractivity contribution in [3.05, 3.63) is 30.3 Å². The minimum atomic E-state index is 1.07. The van der Waals surface area contributed by atoms with Gasteiger partial charge < -0.3 is 0 Å². The van der Waals surface area contributed by atoms with Crippen LogP contribution in [0.25, 0.3) is 0 Å². The summed E-state index contributed by atoms with van der Waals surface area (Å²) >= 11 is 1.92. The van der Waals surface area contributed by atoms with E-state index in [1.807, 2.05) is 11.8 Å². The summed E-state index contributed by atoms with van der Waals surface area (Å²) < 4.78 is 0. The monoisotopic (exact) mass is 236 g/mol. The van der Waals surface area contributed by atoms with Gasteiger partial charge in [-0.1, -0.05) is 24.6 Å². The Balaban J connectivity index is 1.58. The quantitative estimate of drug-likeness (QED) is 0.625. The number of piperidine rings is 1. The third-order valence-corrected chi connectivity index (χ3v) is 3.82. The second-order valence-corrected chi connectivity index (χ2v) is 5.29. The van der Waals surface area contributed by atoms with E-state index in [0.717, 1.165) is 12.3 Å². The van der Waals surface area contributed by atoms with Gasteiger partial charge in [-0.3, -0.25) is 5.43 Å². The number of hydrazine groups is 1. The average Bonchev–Trinajstić information content (AvgIpc) is 2.37. The van der Waals surface area contributed by atoms with E-state index in [-0.39, 0.29) is 0 Å². The standard InChI is InChI=1S/C13H20N2S/c1-3-7-13(8-4-1)16-12-9-14-15-10-5-2-6-11-15/h1,3-4,7-8,14H,2,5-6,9-12H2. The summed E-state index contributed by atoms with van der Waals surface area (Å²) in [4.78, 5) is 1.36. The highest BCUT2D eigenvalue weighted by Crippen LogP contribution is 2.15. The maximum atomic E-state index is 3.50. The normalized spacial score (nSPS) is 17.5. The largest absolute Gasteiger partial charge is 0.254 e. The highest BCUT2D eigenvalue weighted by Gasteiger charge is 2.08. The third-order valence-electron chi connectivity index (χ3n) is 2.81. The summed E-state index contributed by atoms with van der Waals surface area (Å²) in [5.41, 5.74) is 3.50. The first-order chi connectivity index (χ1) is 7.95. The first-order valence-corrected chi connectivity index (χ1v) is 7.10. The van der Waals surface area contributed by atoms with Crippen molar-refractivity contribution in [1.29, 1.82) is 0 Å². The van der Waals surface area contributed by atoms with Crippen LogP contribution >= 0.6 is 11.8 Å². The molecule has 1 aliphatic heterocycles. The van der Waals surface area contributed by atoms with Crippen LogP contribution in [0.4, 0.5) is 0 Å². The Morgan fingerprint density at radius 2 is 1.81 bits per heavy atom. The Bertz CT molecular complexity index is 283. The summed E-state index contributed by atoms with van der Waals surface area (Å²) in [6.07, 6.45) is 4.09. The fourth-order valence-electron chi connectivity index (χ4n) is 1.94. The number of rotatable bonds is 5. The third kappa shape index (κ3) is 4.16. The van der Waals surface area contributed by atoms with E-state index in [0.29, 0.717) is 0 Å². The van der Waals surface area contributed by atoms with Gasteiger partial charge in [0.05, 0.1) is 0 Å². The lowest BCUT2D eigenvalue weighted by molar-refractivity contribution is 0.159. The molecular formula is C13H20N2S. The van der Waals surface area contributed by atoms with Crippen LogP contribution in [0, 0.1) is 0 Å². The van der Waals surface area contributed by atoms with Crippen molar-refractivity contribution in [2.75, 3.05) is 25.4 Å². The molecule has 0 radical (unpaired) electrons. The van der Waals surface area contributed by atoms with E-state index in [4.69, 9.17) is 0 Å². The number of benzene rings is 1. The van der Waals surface area contributed by atoms with Crippen LogP contribution in [-0.2, 0) is 0 Å². The first-order valence-electron chi connectivity index (χ1n) is 6.11. The van der Waals surface area contributed by atoms with E-state index in [9.17, 15) is 0 Å². The van der Waals surface area contributed by atoms with Gasteiger partial charge in [-0.2, -0.15) is 0 Å². The van der Waals surface area contributed by atoms with Crippen molar-refractivity contribution in [1.82, 2.24) is 10.4 Å². The predicted octanol–water partition coefficient (Wildman–Crippen LogP) is 2.77. The van der Waals surface area contributed by atoms with Gasteiger partial charge in [-0.15, -0.1) is 11.8 Å². The van der Waals surface area contributed by atoms with Crippen molar-refractivity contribution in [3.8, 4) is 0 Å². The zero-order valence-corrected chi connectivity index (χ0v) is 10.5. The molecule has 0 unspecified atom stereocenters. The number of nitrogens with one attached hydrogen (secondary N) is 1. The summed E-state index contributed by atoms with van der Waals surface area (Å²) in [5.74, 6) is 1.14. The van der Waals surface area contributed by atoms with Crippen molar-refractivity contribution >= 4 is 11.8 Å². The molecule has 0 amide bonds. The van der Waals surface area contributed by atoms with Gasteiger partial charge in [0.1, 0.15) is 0 Å². The predicted molar refractivity (Wildman–Crippen MR) is 70.6 cm³/mol. The molecule has 1 saturated heterocycles. The van der Waals surface area contributed by atoms with Crippen molar-refractivity contribution in [3.63, 3.8) is 0 Å². The van der Waals surface area contributed by atoms with Crippen LogP contribution in [0.2, 0.25) is 0 Å². The smallest absolute Gasteiger partial charge is 0.0197 e. The molecule has 3 heteroatoms. The fourth-order valence-corrected chi connectivity index (χ4v) is 2.72. The second-order valence-electron chi connectivity index (χ2n) is 4.12.